The third-order valence-corrected chi connectivity index (χ3v) is 3.02. The van der Waals surface area contributed by atoms with Crippen molar-refractivity contribution in [1.29, 1.82) is 0 Å². The van der Waals surface area contributed by atoms with E-state index in [9.17, 15) is 10.1 Å². The van der Waals surface area contributed by atoms with Crippen LogP contribution in [-0.2, 0) is 0 Å². The summed E-state index contributed by atoms with van der Waals surface area (Å²) in [4.78, 5) is 10.4. The normalized spacial score (nSPS) is 13.2. The third kappa shape index (κ3) is 3.43. The second-order valence-corrected chi connectivity index (χ2v) is 5.56. The maximum absolute atomic E-state index is 10.7. The van der Waals surface area contributed by atoms with E-state index in [0.29, 0.717) is 12.1 Å². The number of aryl methyl sites for hydroxylation is 1. The van der Waals surface area contributed by atoms with Gasteiger partial charge in [0.1, 0.15) is 0 Å². The van der Waals surface area contributed by atoms with Crippen molar-refractivity contribution in [3.63, 3.8) is 0 Å². The summed E-state index contributed by atoms with van der Waals surface area (Å²) in [6, 6.07) is 5.15. The van der Waals surface area contributed by atoms with Crippen molar-refractivity contribution in [1.82, 2.24) is 0 Å². The number of nitro benzene ring substituents is 1. The van der Waals surface area contributed by atoms with E-state index in [0.717, 1.165) is 5.69 Å². The second-order valence-electron chi connectivity index (χ2n) is 5.56. The Morgan fingerprint density at radius 1 is 1.44 bits per heavy atom. The molecular weight excluding hydrogens is 230 g/mol. The fraction of sp³-hybridized carbons (Fsp3) is 0.538. The van der Waals surface area contributed by atoms with Crippen LogP contribution in [0.2, 0.25) is 0 Å². The monoisotopic (exact) mass is 251 g/mol. The van der Waals surface area contributed by atoms with Crippen LogP contribution in [0.25, 0.3) is 0 Å². The predicted molar refractivity (Wildman–Crippen MR) is 73.8 cm³/mol. The highest BCUT2D eigenvalue weighted by molar-refractivity contribution is 5.54. The number of benzene rings is 1. The Labute approximate surface area is 108 Å². The summed E-state index contributed by atoms with van der Waals surface area (Å²) in [5.74, 6) is 0. The van der Waals surface area contributed by atoms with Crippen LogP contribution in [-0.4, -0.2) is 17.5 Å². The Bertz CT molecular complexity index is 438. The van der Waals surface area contributed by atoms with Gasteiger partial charge in [-0.05, 0) is 24.5 Å². The molecule has 0 heterocycles. The molecule has 0 amide bonds. The van der Waals surface area contributed by atoms with Crippen LogP contribution in [0.15, 0.2) is 18.2 Å². The Morgan fingerprint density at radius 3 is 2.44 bits per heavy atom. The highest BCUT2D eigenvalue weighted by Gasteiger charge is 2.23. The number of nitrogens with one attached hydrogen (secondary N) is 1. The topological polar surface area (TPSA) is 81.2 Å². The molecule has 0 aliphatic heterocycles. The van der Waals surface area contributed by atoms with E-state index in [2.05, 4.69) is 26.1 Å². The van der Waals surface area contributed by atoms with Crippen molar-refractivity contribution in [3.8, 4) is 0 Å². The quantitative estimate of drug-likeness (QED) is 0.636. The van der Waals surface area contributed by atoms with Gasteiger partial charge in [-0.3, -0.25) is 10.1 Å². The average molecular weight is 251 g/mol. The van der Waals surface area contributed by atoms with Crippen LogP contribution < -0.4 is 11.1 Å². The molecule has 5 heteroatoms. The summed E-state index contributed by atoms with van der Waals surface area (Å²) in [5.41, 5.74) is 7.44. The molecule has 1 aromatic carbocycles. The van der Waals surface area contributed by atoms with Gasteiger partial charge in [0.15, 0.2) is 0 Å². The molecule has 0 fully saturated rings. The zero-order valence-electron chi connectivity index (χ0n) is 11.4. The molecular formula is C13H21N3O2. The summed E-state index contributed by atoms with van der Waals surface area (Å²) in [6.45, 7) is 8.57. The van der Waals surface area contributed by atoms with Crippen molar-refractivity contribution in [2.45, 2.75) is 33.7 Å². The number of rotatable bonds is 4. The van der Waals surface area contributed by atoms with Crippen molar-refractivity contribution in [3.05, 3.63) is 33.9 Å². The first-order valence-corrected chi connectivity index (χ1v) is 5.97. The molecule has 0 spiro atoms. The van der Waals surface area contributed by atoms with Gasteiger partial charge in [-0.15, -0.1) is 0 Å². The first-order chi connectivity index (χ1) is 8.25. The zero-order valence-corrected chi connectivity index (χ0v) is 11.4. The lowest BCUT2D eigenvalue weighted by molar-refractivity contribution is -0.385. The molecule has 1 aromatic rings. The van der Waals surface area contributed by atoms with Crippen LogP contribution in [0.5, 0.6) is 0 Å². The van der Waals surface area contributed by atoms with Gasteiger partial charge in [0.2, 0.25) is 0 Å². The van der Waals surface area contributed by atoms with Gasteiger partial charge in [-0.25, -0.2) is 0 Å². The van der Waals surface area contributed by atoms with Crippen LogP contribution in [0.3, 0.4) is 0 Å². The van der Waals surface area contributed by atoms with Crippen molar-refractivity contribution < 1.29 is 4.92 Å². The smallest absolute Gasteiger partial charge is 0.272 e. The van der Waals surface area contributed by atoms with Crippen LogP contribution in [0.1, 0.15) is 26.3 Å². The molecule has 3 N–H and O–H groups in total. The van der Waals surface area contributed by atoms with Gasteiger partial charge in [-0.2, -0.15) is 0 Å². The van der Waals surface area contributed by atoms with Gasteiger partial charge >= 0.3 is 0 Å². The Hall–Kier alpha value is -1.62. The molecule has 1 rings (SSSR count). The lowest BCUT2D eigenvalue weighted by atomic mass is 9.86. The Morgan fingerprint density at radius 2 is 2.06 bits per heavy atom. The summed E-state index contributed by atoms with van der Waals surface area (Å²) < 4.78 is 0. The molecule has 0 saturated carbocycles. The lowest BCUT2D eigenvalue weighted by Crippen LogP contribution is -2.40. The van der Waals surface area contributed by atoms with Crippen molar-refractivity contribution in [2.75, 3.05) is 11.9 Å². The first-order valence-electron chi connectivity index (χ1n) is 5.97. The number of nitrogens with two attached hydrogens (primary N) is 1. The highest BCUT2D eigenvalue weighted by Crippen LogP contribution is 2.26. The summed E-state index contributed by atoms with van der Waals surface area (Å²) in [5, 5.41) is 14.1. The molecule has 18 heavy (non-hydrogen) atoms. The average Bonchev–Trinajstić information content (AvgIpc) is 2.23. The number of anilines is 1. The molecule has 1 unspecified atom stereocenters. The molecule has 0 radical (unpaired) electrons. The van der Waals surface area contributed by atoms with E-state index in [1.54, 1.807) is 19.1 Å². The van der Waals surface area contributed by atoms with E-state index in [-0.39, 0.29) is 22.1 Å². The highest BCUT2D eigenvalue weighted by atomic mass is 16.6. The van der Waals surface area contributed by atoms with E-state index in [1.807, 2.05) is 0 Å². The maximum atomic E-state index is 10.7. The SMILES string of the molecule is Cc1cc(NC(CN)C(C)(C)C)ccc1[N+](=O)[O-]. The van der Waals surface area contributed by atoms with Crippen LogP contribution >= 0.6 is 0 Å². The number of hydrogen-bond donors (Lipinski definition) is 2. The maximum Gasteiger partial charge on any atom is 0.272 e. The molecule has 0 aliphatic rings. The largest absolute Gasteiger partial charge is 0.380 e. The summed E-state index contributed by atoms with van der Waals surface area (Å²) >= 11 is 0. The Kier molecular flexibility index (Phi) is 4.29. The first kappa shape index (κ1) is 14.4. The van der Waals surface area contributed by atoms with Gasteiger partial charge in [0, 0.05) is 29.9 Å². The van der Waals surface area contributed by atoms with Crippen molar-refractivity contribution in [2.24, 2.45) is 11.1 Å². The summed E-state index contributed by atoms with van der Waals surface area (Å²) in [6.07, 6.45) is 0. The Balaban J connectivity index is 2.92. The lowest BCUT2D eigenvalue weighted by Gasteiger charge is -2.31. The molecule has 0 aromatic heterocycles. The fourth-order valence-corrected chi connectivity index (χ4v) is 1.78. The number of nitro groups is 1. The molecule has 0 bridgehead atoms. The predicted octanol–water partition coefficient (Wildman–Crippen LogP) is 2.69. The second kappa shape index (κ2) is 5.35. The van der Waals surface area contributed by atoms with Crippen molar-refractivity contribution >= 4 is 11.4 Å². The van der Waals surface area contributed by atoms with Crippen LogP contribution in [0.4, 0.5) is 11.4 Å². The molecule has 5 nitrogen and oxygen atoms in total. The van der Waals surface area contributed by atoms with Gasteiger partial charge < -0.3 is 11.1 Å². The van der Waals surface area contributed by atoms with Gasteiger partial charge in [-0.1, -0.05) is 20.8 Å². The molecule has 1 atom stereocenters. The van der Waals surface area contributed by atoms with E-state index >= 15 is 0 Å². The minimum absolute atomic E-state index is 0.0322. The molecule has 0 saturated heterocycles. The van der Waals surface area contributed by atoms with E-state index in [4.69, 9.17) is 5.73 Å². The third-order valence-electron chi connectivity index (χ3n) is 3.02. The number of nitrogens with zero attached hydrogens (tertiary/aromatic N) is 1. The molecule has 100 valence electrons. The minimum Gasteiger partial charge on any atom is -0.380 e. The zero-order chi connectivity index (χ0) is 13.9. The summed E-state index contributed by atoms with van der Waals surface area (Å²) in [7, 11) is 0. The van der Waals surface area contributed by atoms with Crippen LogP contribution in [0, 0.1) is 22.5 Å². The standard InChI is InChI=1S/C13H21N3O2/c1-9-7-10(5-6-11(9)16(17)18)15-12(8-14)13(2,3)4/h5-7,12,15H,8,14H2,1-4H3. The molecule has 0 aliphatic carbocycles. The van der Waals surface area contributed by atoms with Gasteiger partial charge in [0.25, 0.3) is 5.69 Å². The van der Waals surface area contributed by atoms with E-state index in [1.165, 1.54) is 6.07 Å². The van der Waals surface area contributed by atoms with E-state index < -0.39 is 0 Å². The minimum atomic E-state index is -0.372. The number of hydrogen-bond acceptors (Lipinski definition) is 4. The van der Waals surface area contributed by atoms with Gasteiger partial charge in [0.05, 0.1) is 4.92 Å². The fourth-order valence-electron chi connectivity index (χ4n) is 1.78.